The monoisotopic (exact) mass is 530 g/mol. The van der Waals surface area contributed by atoms with Crippen LogP contribution in [0.1, 0.15) is 35.6 Å². The molecular formula is C21H20F6N8O2. The third-order valence-electron chi connectivity index (χ3n) is 5.45. The standard InChI is InChI=1S/C21H20F6N8O2/c1-12-28-16-17(29-12)33(9-6-20(22,23)24)19(37)34(18(16)36)7-3-8-35-31-15(30-32-35)11-13-4-2-5-14(10-13)21(25,26)27/h2,4-5,10H,3,6-9,11H2,1H3,(H,28,29). The Bertz CT molecular complexity index is 1530. The summed E-state index contributed by atoms with van der Waals surface area (Å²) >= 11 is 0. The Morgan fingerprint density at radius 3 is 2.46 bits per heavy atom. The normalized spacial score (nSPS) is 12.5. The van der Waals surface area contributed by atoms with Gasteiger partial charge in [0.15, 0.2) is 11.5 Å². The van der Waals surface area contributed by atoms with E-state index in [4.69, 9.17) is 0 Å². The van der Waals surface area contributed by atoms with Crippen molar-refractivity contribution in [1.29, 1.82) is 0 Å². The van der Waals surface area contributed by atoms with Gasteiger partial charge in [0, 0.05) is 19.5 Å². The molecule has 3 heterocycles. The van der Waals surface area contributed by atoms with Gasteiger partial charge in [-0.3, -0.25) is 13.9 Å². The van der Waals surface area contributed by atoms with Gasteiger partial charge in [0.05, 0.1) is 18.5 Å². The maximum absolute atomic E-state index is 12.9. The zero-order valence-electron chi connectivity index (χ0n) is 19.3. The topological polar surface area (TPSA) is 116 Å². The molecule has 0 atom stereocenters. The lowest BCUT2D eigenvalue weighted by molar-refractivity contribution is -0.138. The second kappa shape index (κ2) is 9.82. The number of nitrogens with one attached hydrogen (secondary N) is 1. The van der Waals surface area contributed by atoms with Crippen LogP contribution in [-0.2, 0) is 32.2 Å². The van der Waals surface area contributed by atoms with Crippen molar-refractivity contribution in [3.05, 3.63) is 67.9 Å². The van der Waals surface area contributed by atoms with E-state index in [9.17, 15) is 35.9 Å². The van der Waals surface area contributed by atoms with Crippen LogP contribution < -0.4 is 11.2 Å². The molecule has 0 radical (unpaired) electrons. The van der Waals surface area contributed by atoms with Gasteiger partial charge < -0.3 is 4.98 Å². The molecule has 0 aliphatic heterocycles. The van der Waals surface area contributed by atoms with E-state index in [1.54, 1.807) is 0 Å². The number of imidazole rings is 1. The fourth-order valence-electron chi connectivity index (χ4n) is 3.77. The maximum atomic E-state index is 12.9. The fraction of sp³-hybridized carbons (Fsp3) is 0.429. The van der Waals surface area contributed by atoms with Crippen LogP contribution in [0.2, 0.25) is 0 Å². The van der Waals surface area contributed by atoms with Crippen LogP contribution >= 0.6 is 0 Å². The van der Waals surface area contributed by atoms with E-state index in [0.717, 1.165) is 26.1 Å². The van der Waals surface area contributed by atoms with E-state index >= 15 is 0 Å². The highest BCUT2D eigenvalue weighted by atomic mass is 19.4. The number of aromatic nitrogens is 8. The molecule has 1 aromatic carbocycles. The van der Waals surface area contributed by atoms with Crippen LogP contribution in [-0.4, -0.2) is 45.5 Å². The number of halogens is 6. The molecule has 198 valence electrons. The molecule has 1 N–H and O–H groups in total. The zero-order chi connectivity index (χ0) is 27.0. The number of aryl methyl sites for hydroxylation is 3. The Hall–Kier alpha value is -3.98. The smallest absolute Gasteiger partial charge is 0.336 e. The van der Waals surface area contributed by atoms with Crippen molar-refractivity contribution in [1.82, 2.24) is 39.3 Å². The van der Waals surface area contributed by atoms with E-state index < -0.39 is 42.1 Å². The lowest BCUT2D eigenvalue weighted by Gasteiger charge is -2.12. The van der Waals surface area contributed by atoms with Gasteiger partial charge in [-0.2, -0.15) is 31.1 Å². The van der Waals surface area contributed by atoms with Gasteiger partial charge in [-0.05, 0) is 30.2 Å². The maximum Gasteiger partial charge on any atom is 0.416 e. The van der Waals surface area contributed by atoms with Crippen molar-refractivity contribution in [2.24, 2.45) is 0 Å². The van der Waals surface area contributed by atoms with Gasteiger partial charge in [0.2, 0.25) is 0 Å². The minimum Gasteiger partial charge on any atom is -0.336 e. The SMILES string of the molecule is Cc1nc2c([nH]1)c(=O)n(CCCn1nnc(Cc3cccc(C(F)(F)F)c3)n1)c(=O)n2CCC(F)(F)F. The molecule has 0 fully saturated rings. The molecule has 37 heavy (non-hydrogen) atoms. The Morgan fingerprint density at radius 1 is 1.00 bits per heavy atom. The Morgan fingerprint density at radius 2 is 1.76 bits per heavy atom. The summed E-state index contributed by atoms with van der Waals surface area (Å²) < 4.78 is 78.7. The number of H-pyrrole nitrogens is 1. The Balaban J connectivity index is 1.48. The second-order valence-electron chi connectivity index (χ2n) is 8.31. The summed E-state index contributed by atoms with van der Waals surface area (Å²) in [6, 6.07) is 4.72. The van der Waals surface area contributed by atoms with Gasteiger partial charge >= 0.3 is 18.0 Å². The summed E-state index contributed by atoms with van der Waals surface area (Å²) in [5, 5.41) is 11.7. The van der Waals surface area contributed by atoms with Gasteiger partial charge in [-0.25, -0.2) is 9.78 Å². The molecule has 0 spiro atoms. The molecular weight excluding hydrogens is 510 g/mol. The summed E-state index contributed by atoms with van der Waals surface area (Å²) in [6.07, 6.45) is -10.1. The molecule has 0 amide bonds. The first-order valence-electron chi connectivity index (χ1n) is 11.0. The minimum atomic E-state index is -4.51. The van der Waals surface area contributed by atoms with Crippen LogP contribution in [0.15, 0.2) is 33.9 Å². The summed E-state index contributed by atoms with van der Waals surface area (Å²) in [5.41, 5.74) is -2.34. The third kappa shape index (κ3) is 6.06. The molecule has 16 heteroatoms. The molecule has 4 rings (SSSR count). The van der Waals surface area contributed by atoms with Crippen LogP contribution in [0.3, 0.4) is 0 Å². The number of aromatic amines is 1. The van der Waals surface area contributed by atoms with Crippen LogP contribution in [0, 0.1) is 6.92 Å². The van der Waals surface area contributed by atoms with Crippen LogP contribution in [0.4, 0.5) is 26.3 Å². The Kier molecular flexibility index (Phi) is 6.92. The number of hydrogen-bond donors (Lipinski definition) is 1. The molecule has 0 aliphatic rings. The lowest BCUT2D eigenvalue weighted by Crippen LogP contribution is -2.41. The van der Waals surface area contributed by atoms with E-state index in [1.807, 2.05) is 0 Å². The van der Waals surface area contributed by atoms with Crippen LogP contribution in [0.5, 0.6) is 0 Å². The number of fused-ring (bicyclic) bond motifs is 1. The highest BCUT2D eigenvalue weighted by Gasteiger charge is 2.30. The first kappa shape index (κ1) is 26.1. The number of rotatable bonds is 8. The number of tetrazole rings is 1. The first-order valence-corrected chi connectivity index (χ1v) is 11.0. The molecule has 0 saturated carbocycles. The highest BCUT2D eigenvalue weighted by molar-refractivity contribution is 5.69. The summed E-state index contributed by atoms with van der Waals surface area (Å²) in [5.74, 6) is 0.436. The number of alkyl halides is 6. The summed E-state index contributed by atoms with van der Waals surface area (Å²) in [4.78, 5) is 33.5. The van der Waals surface area contributed by atoms with Crippen LogP contribution in [0.25, 0.3) is 11.2 Å². The second-order valence-corrected chi connectivity index (χ2v) is 8.31. The zero-order valence-corrected chi connectivity index (χ0v) is 19.3. The highest BCUT2D eigenvalue weighted by Crippen LogP contribution is 2.29. The van der Waals surface area contributed by atoms with Crippen molar-refractivity contribution in [3.63, 3.8) is 0 Å². The molecule has 0 aliphatic carbocycles. The van der Waals surface area contributed by atoms with Gasteiger partial charge in [0.1, 0.15) is 11.3 Å². The third-order valence-corrected chi connectivity index (χ3v) is 5.45. The molecule has 0 saturated heterocycles. The molecule has 10 nitrogen and oxygen atoms in total. The van der Waals surface area contributed by atoms with Crippen molar-refractivity contribution in [2.75, 3.05) is 0 Å². The average molecular weight is 530 g/mol. The predicted octanol–water partition coefficient (Wildman–Crippen LogP) is 2.83. The van der Waals surface area contributed by atoms with Crippen molar-refractivity contribution in [2.45, 2.75) is 58.2 Å². The van der Waals surface area contributed by atoms with E-state index in [1.165, 1.54) is 19.1 Å². The number of nitrogens with zero attached hydrogens (tertiary/aromatic N) is 7. The van der Waals surface area contributed by atoms with E-state index in [2.05, 4.69) is 25.4 Å². The van der Waals surface area contributed by atoms with Crippen molar-refractivity contribution < 1.29 is 26.3 Å². The summed E-state index contributed by atoms with van der Waals surface area (Å²) in [7, 11) is 0. The van der Waals surface area contributed by atoms with E-state index in [-0.39, 0.29) is 48.7 Å². The average Bonchev–Trinajstić information content (AvgIpc) is 3.41. The molecule has 0 unspecified atom stereocenters. The van der Waals surface area contributed by atoms with Crippen molar-refractivity contribution >= 4 is 11.2 Å². The Labute approximate surface area is 203 Å². The fourth-order valence-corrected chi connectivity index (χ4v) is 3.77. The van der Waals surface area contributed by atoms with Crippen molar-refractivity contribution in [3.8, 4) is 0 Å². The van der Waals surface area contributed by atoms with Gasteiger partial charge in [-0.15, -0.1) is 10.2 Å². The molecule has 4 aromatic rings. The minimum absolute atomic E-state index is 0.00311. The first-order chi connectivity index (χ1) is 17.3. The molecule has 0 bridgehead atoms. The quantitative estimate of drug-likeness (QED) is 0.351. The number of benzene rings is 1. The lowest BCUT2D eigenvalue weighted by atomic mass is 10.1. The van der Waals surface area contributed by atoms with Gasteiger partial charge in [-0.1, -0.05) is 18.2 Å². The largest absolute Gasteiger partial charge is 0.416 e. The number of hydrogen-bond acceptors (Lipinski definition) is 6. The summed E-state index contributed by atoms with van der Waals surface area (Å²) in [6.45, 7) is 0.745. The predicted molar refractivity (Wildman–Crippen MR) is 117 cm³/mol. The van der Waals surface area contributed by atoms with Gasteiger partial charge in [0.25, 0.3) is 5.56 Å². The molecule has 3 aromatic heterocycles. The van der Waals surface area contributed by atoms with E-state index in [0.29, 0.717) is 5.56 Å².